The molecule has 0 amide bonds. The number of pyridine rings is 1. The van der Waals surface area contributed by atoms with Crippen LogP contribution >= 0.6 is 0 Å². The van der Waals surface area contributed by atoms with Gasteiger partial charge in [-0.2, -0.15) is 0 Å². The van der Waals surface area contributed by atoms with Crippen molar-refractivity contribution in [1.82, 2.24) is 15.0 Å². The van der Waals surface area contributed by atoms with Gasteiger partial charge in [-0.25, -0.2) is 0 Å². The van der Waals surface area contributed by atoms with E-state index in [0.717, 1.165) is 31.0 Å². The average Bonchev–Trinajstić information content (AvgIpc) is 2.76. The van der Waals surface area contributed by atoms with Gasteiger partial charge in [0.05, 0.1) is 6.04 Å². The smallest absolute Gasteiger partial charge is 0.133 e. The maximum atomic E-state index is 5.27. The molecule has 3 heterocycles. The first-order chi connectivity index (χ1) is 9.83. The Labute approximate surface area is 119 Å². The molecule has 0 aliphatic carbocycles. The second kappa shape index (κ2) is 6.18. The summed E-state index contributed by atoms with van der Waals surface area (Å²) in [5, 5.41) is 4.24. The summed E-state index contributed by atoms with van der Waals surface area (Å²) in [5.74, 6) is 0.894. The highest BCUT2D eigenvalue weighted by Crippen LogP contribution is 2.30. The molecular weight excluding hydrogens is 250 g/mol. The Morgan fingerprint density at radius 1 is 1.35 bits per heavy atom. The summed E-state index contributed by atoms with van der Waals surface area (Å²) in [5.41, 5.74) is 2.34. The lowest BCUT2D eigenvalue weighted by atomic mass is 10.1. The first-order valence-corrected chi connectivity index (χ1v) is 7.39. The molecule has 2 aromatic rings. The molecule has 0 aromatic carbocycles. The van der Waals surface area contributed by atoms with Crippen LogP contribution in [0.25, 0.3) is 0 Å². The normalized spacial score (nSPS) is 20.8. The molecule has 20 heavy (non-hydrogen) atoms. The van der Waals surface area contributed by atoms with Gasteiger partial charge in [0, 0.05) is 25.0 Å². The van der Waals surface area contributed by atoms with Crippen molar-refractivity contribution in [2.75, 3.05) is 6.54 Å². The molecule has 1 fully saturated rings. The molecule has 3 rings (SSSR count). The van der Waals surface area contributed by atoms with Gasteiger partial charge in [-0.3, -0.25) is 9.88 Å². The second-order valence-corrected chi connectivity index (χ2v) is 5.56. The van der Waals surface area contributed by atoms with E-state index in [1.807, 2.05) is 25.4 Å². The van der Waals surface area contributed by atoms with Crippen LogP contribution in [0.1, 0.15) is 48.7 Å². The van der Waals surface area contributed by atoms with Crippen molar-refractivity contribution in [2.24, 2.45) is 0 Å². The molecule has 1 aliphatic heterocycles. The van der Waals surface area contributed by atoms with E-state index in [1.165, 1.54) is 24.8 Å². The van der Waals surface area contributed by atoms with Gasteiger partial charge in [0.2, 0.25) is 0 Å². The van der Waals surface area contributed by atoms with Crippen LogP contribution in [0, 0.1) is 6.92 Å². The minimum Gasteiger partial charge on any atom is -0.361 e. The van der Waals surface area contributed by atoms with Gasteiger partial charge in [0.25, 0.3) is 0 Å². The zero-order valence-electron chi connectivity index (χ0n) is 12.0. The molecule has 1 aliphatic rings. The van der Waals surface area contributed by atoms with Crippen LogP contribution in [0.2, 0.25) is 0 Å². The van der Waals surface area contributed by atoms with E-state index >= 15 is 0 Å². The SMILES string of the molecule is Cc1cc([C@H]2CCCCCN2Cc2cccnc2)no1. The minimum atomic E-state index is 0.371. The zero-order valence-corrected chi connectivity index (χ0v) is 12.0. The van der Waals surface area contributed by atoms with Crippen LogP contribution < -0.4 is 0 Å². The predicted octanol–water partition coefficient (Wildman–Crippen LogP) is 3.50. The van der Waals surface area contributed by atoms with Crippen molar-refractivity contribution in [1.29, 1.82) is 0 Å². The van der Waals surface area contributed by atoms with E-state index in [2.05, 4.69) is 27.2 Å². The Morgan fingerprint density at radius 3 is 3.05 bits per heavy atom. The fraction of sp³-hybridized carbons (Fsp3) is 0.500. The summed E-state index contributed by atoms with van der Waals surface area (Å²) >= 11 is 0. The van der Waals surface area contributed by atoms with Crippen molar-refractivity contribution < 1.29 is 4.52 Å². The molecule has 0 saturated carbocycles. The lowest BCUT2D eigenvalue weighted by Gasteiger charge is -2.28. The Hall–Kier alpha value is -1.68. The maximum absolute atomic E-state index is 5.27. The Morgan fingerprint density at radius 2 is 2.30 bits per heavy atom. The van der Waals surface area contributed by atoms with Gasteiger partial charge in [-0.15, -0.1) is 0 Å². The number of rotatable bonds is 3. The van der Waals surface area contributed by atoms with E-state index in [9.17, 15) is 0 Å². The van der Waals surface area contributed by atoms with Gasteiger partial charge in [0.1, 0.15) is 11.5 Å². The molecular formula is C16H21N3O. The van der Waals surface area contributed by atoms with Gasteiger partial charge in [-0.1, -0.05) is 24.1 Å². The van der Waals surface area contributed by atoms with Crippen LogP contribution in [0.5, 0.6) is 0 Å². The zero-order chi connectivity index (χ0) is 13.8. The highest BCUT2D eigenvalue weighted by atomic mass is 16.5. The number of hydrogen-bond acceptors (Lipinski definition) is 4. The molecule has 0 radical (unpaired) electrons. The average molecular weight is 271 g/mol. The van der Waals surface area contributed by atoms with Gasteiger partial charge >= 0.3 is 0 Å². The lowest BCUT2D eigenvalue weighted by Crippen LogP contribution is -2.28. The topological polar surface area (TPSA) is 42.2 Å². The van der Waals surface area contributed by atoms with E-state index in [0.29, 0.717) is 6.04 Å². The molecule has 4 heteroatoms. The Kier molecular flexibility index (Phi) is 4.11. The summed E-state index contributed by atoms with van der Waals surface area (Å²) in [4.78, 5) is 6.73. The minimum absolute atomic E-state index is 0.371. The van der Waals surface area contributed by atoms with Crippen molar-refractivity contribution in [3.05, 3.63) is 47.6 Å². The third-order valence-corrected chi connectivity index (χ3v) is 3.96. The van der Waals surface area contributed by atoms with Crippen LogP contribution in [0.3, 0.4) is 0 Å². The van der Waals surface area contributed by atoms with Gasteiger partial charge in [0.15, 0.2) is 0 Å². The number of nitrogens with zero attached hydrogens (tertiary/aromatic N) is 3. The molecule has 0 spiro atoms. The maximum Gasteiger partial charge on any atom is 0.133 e. The van der Waals surface area contributed by atoms with Gasteiger partial charge < -0.3 is 4.52 Å². The van der Waals surface area contributed by atoms with Crippen molar-refractivity contribution in [3.8, 4) is 0 Å². The lowest BCUT2D eigenvalue weighted by molar-refractivity contribution is 0.183. The van der Waals surface area contributed by atoms with Crippen LogP contribution in [0.15, 0.2) is 35.1 Å². The number of aromatic nitrogens is 2. The molecule has 1 saturated heterocycles. The molecule has 4 nitrogen and oxygen atoms in total. The summed E-state index contributed by atoms with van der Waals surface area (Å²) in [7, 11) is 0. The monoisotopic (exact) mass is 271 g/mol. The van der Waals surface area contributed by atoms with Crippen LogP contribution in [0.4, 0.5) is 0 Å². The summed E-state index contributed by atoms with van der Waals surface area (Å²) in [6, 6.07) is 6.59. The van der Waals surface area contributed by atoms with E-state index in [4.69, 9.17) is 4.52 Å². The van der Waals surface area contributed by atoms with Crippen LogP contribution in [-0.2, 0) is 6.54 Å². The van der Waals surface area contributed by atoms with Crippen molar-refractivity contribution >= 4 is 0 Å². The quantitative estimate of drug-likeness (QED) is 0.857. The van der Waals surface area contributed by atoms with E-state index < -0.39 is 0 Å². The Bertz CT molecular complexity index is 538. The highest BCUT2D eigenvalue weighted by molar-refractivity contribution is 5.12. The first kappa shape index (κ1) is 13.3. The second-order valence-electron chi connectivity index (χ2n) is 5.56. The molecule has 0 N–H and O–H groups in total. The fourth-order valence-corrected chi connectivity index (χ4v) is 2.96. The van der Waals surface area contributed by atoms with E-state index in [-0.39, 0.29) is 0 Å². The van der Waals surface area contributed by atoms with E-state index in [1.54, 1.807) is 0 Å². The first-order valence-electron chi connectivity index (χ1n) is 7.39. The molecule has 2 aromatic heterocycles. The third kappa shape index (κ3) is 3.07. The molecule has 0 bridgehead atoms. The predicted molar refractivity (Wildman–Crippen MR) is 77.1 cm³/mol. The third-order valence-electron chi connectivity index (χ3n) is 3.96. The van der Waals surface area contributed by atoms with Crippen LogP contribution in [-0.4, -0.2) is 21.6 Å². The number of likely N-dealkylation sites (tertiary alicyclic amines) is 1. The number of hydrogen-bond donors (Lipinski definition) is 0. The standard InChI is InChI=1S/C16H21N3O/c1-13-10-15(18-20-13)16-7-3-2-4-9-19(16)12-14-6-5-8-17-11-14/h5-6,8,10-11,16H,2-4,7,9,12H2,1H3/t16-/m1/s1. The highest BCUT2D eigenvalue weighted by Gasteiger charge is 2.25. The Balaban J connectivity index is 1.80. The molecule has 106 valence electrons. The summed E-state index contributed by atoms with van der Waals surface area (Å²) in [6.07, 6.45) is 8.76. The van der Waals surface area contributed by atoms with Crippen molar-refractivity contribution in [2.45, 2.75) is 45.2 Å². The molecule has 0 unspecified atom stereocenters. The van der Waals surface area contributed by atoms with Gasteiger partial charge in [-0.05, 0) is 37.9 Å². The summed E-state index contributed by atoms with van der Waals surface area (Å²) in [6.45, 7) is 4.01. The largest absolute Gasteiger partial charge is 0.361 e. The molecule has 1 atom stereocenters. The number of aryl methyl sites for hydroxylation is 1. The van der Waals surface area contributed by atoms with Crippen molar-refractivity contribution in [3.63, 3.8) is 0 Å². The fourth-order valence-electron chi connectivity index (χ4n) is 2.96. The summed E-state index contributed by atoms with van der Waals surface area (Å²) < 4.78 is 5.27.